The number of piperidine rings is 1. The number of hydrogen-bond acceptors (Lipinski definition) is 3. The van der Waals surface area contributed by atoms with Crippen molar-refractivity contribution in [3.05, 3.63) is 0 Å². The third-order valence-corrected chi connectivity index (χ3v) is 5.22. The quantitative estimate of drug-likeness (QED) is 0.822. The predicted octanol–water partition coefficient (Wildman–Crippen LogP) is 1.28. The molecule has 0 bridgehead atoms. The van der Waals surface area contributed by atoms with Gasteiger partial charge in [-0.2, -0.15) is 8.78 Å². The fraction of sp³-hybridized carbons (Fsp3) is 0.929. The molecule has 0 spiro atoms. The summed E-state index contributed by atoms with van der Waals surface area (Å²) in [5.74, 6) is -4.97. The Bertz CT molecular complexity index is 399. The SMILES string of the molecule is O=C(NC1CCN2CCCCC12)C(F)(F)C1(O)CCC1. The normalized spacial score (nSPS) is 33.4. The molecule has 0 radical (unpaired) electrons. The van der Waals surface area contributed by atoms with E-state index in [4.69, 9.17) is 0 Å². The number of nitrogens with zero attached hydrogens (tertiary/aromatic N) is 1. The maximum atomic E-state index is 14.0. The van der Waals surface area contributed by atoms with Gasteiger partial charge in [0, 0.05) is 18.6 Å². The monoisotopic (exact) mass is 288 g/mol. The van der Waals surface area contributed by atoms with Crippen LogP contribution in [0, 0.1) is 0 Å². The molecule has 2 heterocycles. The molecule has 2 saturated heterocycles. The molecular formula is C14H22F2N2O2. The minimum absolute atomic E-state index is 0.00758. The van der Waals surface area contributed by atoms with E-state index in [9.17, 15) is 18.7 Å². The Morgan fingerprint density at radius 1 is 1.20 bits per heavy atom. The molecule has 0 aromatic heterocycles. The van der Waals surface area contributed by atoms with Crippen molar-refractivity contribution in [1.82, 2.24) is 10.2 Å². The number of carbonyl (C=O) groups excluding carboxylic acids is 1. The zero-order chi connectivity index (χ0) is 14.4. The van der Waals surface area contributed by atoms with E-state index in [-0.39, 0.29) is 24.9 Å². The number of carbonyl (C=O) groups is 1. The molecule has 1 amide bonds. The van der Waals surface area contributed by atoms with Crippen LogP contribution in [-0.2, 0) is 4.79 Å². The molecule has 0 aromatic carbocycles. The van der Waals surface area contributed by atoms with Gasteiger partial charge in [-0.05, 0) is 45.1 Å². The first-order valence-electron chi connectivity index (χ1n) is 7.59. The fourth-order valence-electron chi connectivity index (χ4n) is 3.71. The van der Waals surface area contributed by atoms with E-state index in [2.05, 4.69) is 10.2 Å². The highest BCUT2D eigenvalue weighted by molar-refractivity contribution is 5.85. The lowest BCUT2D eigenvalue weighted by Crippen LogP contribution is -2.62. The maximum absolute atomic E-state index is 14.0. The molecular weight excluding hydrogens is 266 g/mol. The molecule has 1 aliphatic carbocycles. The van der Waals surface area contributed by atoms with Crippen LogP contribution in [0.3, 0.4) is 0 Å². The second kappa shape index (κ2) is 4.91. The Morgan fingerprint density at radius 2 is 1.95 bits per heavy atom. The molecule has 2 N–H and O–H groups in total. The van der Waals surface area contributed by atoms with Crippen LogP contribution in [0.2, 0.25) is 0 Å². The van der Waals surface area contributed by atoms with Crippen LogP contribution in [0.15, 0.2) is 0 Å². The second-order valence-electron chi connectivity index (χ2n) is 6.43. The van der Waals surface area contributed by atoms with Gasteiger partial charge in [-0.3, -0.25) is 9.69 Å². The summed E-state index contributed by atoms with van der Waals surface area (Å²) in [4.78, 5) is 14.2. The maximum Gasteiger partial charge on any atom is 0.352 e. The zero-order valence-electron chi connectivity index (χ0n) is 11.6. The van der Waals surface area contributed by atoms with Crippen molar-refractivity contribution in [2.75, 3.05) is 13.1 Å². The molecule has 2 unspecified atom stereocenters. The van der Waals surface area contributed by atoms with Gasteiger partial charge in [-0.25, -0.2) is 0 Å². The van der Waals surface area contributed by atoms with E-state index in [0.717, 1.165) is 38.8 Å². The van der Waals surface area contributed by atoms with Crippen LogP contribution in [0.1, 0.15) is 44.9 Å². The van der Waals surface area contributed by atoms with Crippen molar-refractivity contribution in [3.8, 4) is 0 Å². The lowest BCUT2D eigenvalue weighted by Gasteiger charge is -2.42. The number of amides is 1. The molecule has 4 nitrogen and oxygen atoms in total. The molecule has 114 valence electrons. The van der Waals surface area contributed by atoms with Gasteiger partial charge < -0.3 is 10.4 Å². The number of nitrogens with one attached hydrogen (secondary N) is 1. The lowest BCUT2D eigenvalue weighted by molar-refractivity contribution is -0.216. The summed E-state index contributed by atoms with van der Waals surface area (Å²) in [6, 6.07) is -0.00288. The molecule has 20 heavy (non-hydrogen) atoms. The van der Waals surface area contributed by atoms with Crippen molar-refractivity contribution < 1.29 is 18.7 Å². The first kappa shape index (κ1) is 14.2. The molecule has 6 heteroatoms. The second-order valence-corrected chi connectivity index (χ2v) is 6.43. The molecule has 2 aliphatic heterocycles. The largest absolute Gasteiger partial charge is 0.383 e. The highest BCUT2D eigenvalue weighted by Crippen LogP contribution is 2.44. The molecule has 2 atom stereocenters. The third kappa shape index (κ3) is 2.13. The minimum Gasteiger partial charge on any atom is -0.383 e. The van der Waals surface area contributed by atoms with Crippen LogP contribution < -0.4 is 5.32 Å². The minimum atomic E-state index is -3.67. The first-order chi connectivity index (χ1) is 9.44. The van der Waals surface area contributed by atoms with E-state index in [1.807, 2.05) is 0 Å². The Hall–Kier alpha value is -0.750. The van der Waals surface area contributed by atoms with Gasteiger partial charge >= 0.3 is 5.92 Å². The van der Waals surface area contributed by atoms with Gasteiger partial charge in [0.15, 0.2) is 0 Å². The average Bonchev–Trinajstić information content (AvgIpc) is 2.79. The predicted molar refractivity (Wildman–Crippen MR) is 69.5 cm³/mol. The summed E-state index contributed by atoms with van der Waals surface area (Å²) in [6.07, 6.45) is 4.49. The number of alkyl halides is 2. The van der Waals surface area contributed by atoms with Gasteiger partial charge in [-0.1, -0.05) is 6.42 Å². The molecule has 3 fully saturated rings. The van der Waals surface area contributed by atoms with Gasteiger partial charge in [0.05, 0.1) is 0 Å². The van der Waals surface area contributed by atoms with E-state index < -0.39 is 17.4 Å². The molecule has 3 rings (SSSR count). The van der Waals surface area contributed by atoms with E-state index in [1.165, 1.54) is 0 Å². The van der Waals surface area contributed by atoms with Crippen LogP contribution in [0.5, 0.6) is 0 Å². The lowest BCUT2D eigenvalue weighted by atomic mass is 9.75. The van der Waals surface area contributed by atoms with Crippen molar-refractivity contribution >= 4 is 5.91 Å². The first-order valence-corrected chi connectivity index (χ1v) is 7.59. The Morgan fingerprint density at radius 3 is 2.60 bits per heavy atom. The Balaban J connectivity index is 1.64. The number of rotatable bonds is 3. The highest BCUT2D eigenvalue weighted by atomic mass is 19.3. The molecule has 3 aliphatic rings. The van der Waals surface area contributed by atoms with Crippen molar-refractivity contribution in [2.24, 2.45) is 0 Å². The summed E-state index contributed by atoms with van der Waals surface area (Å²) < 4.78 is 28.1. The van der Waals surface area contributed by atoms with Gasteiger partial charge in [0.25, 0.3) is 5.91 Å². The summed E-state index contributed by atoms with van der Waals surface area (Å²) in [5.41, 5.74) is -2.12. The topological polar surface area (TPSA) is 52.6 Å². The zero-order valence-corrected chi connectivity index (χ0v) is 11.6. The van der Waals surface area contributed by atoms with Gasteiger partial charge in [0.1, 0.15) is 5.60 Å². The van der Waals surface area contributed by atoms with Crippen molar-refractivity contribution in [3.63, 3.8) is 0 Å². The smallest absolute Gasteiger partial charge is 0.352 e. The number of fused-ring (bicyclic) bond motifs is 1. The van der Waals surface area contributed by atoms with Crippen molar-refractivity contribution in [1.29, 1.82) is 0 Å². The molecule has 1 saturated carbocycles. The average molecular weight is 288 g/mol. The van der Waals surface area contributed by atoms with Crippen LogP contribution >= 0.6 is 0 Å². The summed E-state index contributed by atoms with van der Waals surface area (Å²) in [7, 11) is 0. The van der Waals surface area contributed by atoms with Crippen LogP contribution in [0.25, 0.3) is 0 Å². The summed E-state index contributed by atoms with van der Waals surface area (Å²) >= 11 is 0. The van der Waals surface area contributed by atoms with Crippen LogP contribution in [-0.4, -0.2) is 52.6 Å². The number of hydrogen-bond donors (Lipinski definition) is 2. The van der Waals surface area contributed by atoms with Crippen molar-refractivity contribution in [2.45, 2.75) is 68.6 Å². The summed E-state index contributed by atoms with van der Waals surface area (Å²) in [6.45, 7) is 1.86. The third-order valence-electron chi connectivity index (χ3n) is 5.22. The highest BCUT2D eigenvalue weighted by Gasteiger charge is 2.61. The Kier molecular flexibility index (Phi) is 3.49. The number of aliphatic hydroxyl groups is 1. The molecule has 0 aromatic rings. The van der Waals surface area contributed by atoms with Gasteiger partial charge in [-0.15, -0.1) is 0 Å². The Labute approximate surface area is 117 Å². The van der Waals surface area contributed by atoms with Gasteiger partial charge in [0.2, 0.25) is 0 Å². The van der Waals surface area contributed by atoms with E-state index in [0.29, 0.717) is 6.42 Å². The number of halogens is 2. The van der Waals surface area contributed by atoms with E-state index in [1.54, 1.807) is 0 Å². The summed E-state index contributed by atoms with van der Waals surface area (Å²) in [5, 5.41) is 12.3. The van der Waals surface area contributed by atoms with Crippen LogP contribution in [0.4, 0.5) is 8.78 Å². The van der Waals surface area contributed by atoms with E-state index >= 15 is 0 Å². The fourth-order valence-corrected chi connectivity index (χ4v) is 3.71. The standard InChI is InChI=1S/C14H22F2N2O2/c15-14(16,13(20)6-3-7-13)12(19)17-10-5-9-18-8-2-1-4-11(10)18/h10-11,20H,1-9H2,(H,17,19).